The molecule has 7 heteroatoms. The van der Waals surface area contributed by atoms with Gasteiger partial charge in [-0.05, 0) is 32.1 Å². The van der Waals surface area contributed by atoms with Crippen LogP contribution in [0.15, 0.2) is 9.21 Å². The van der Waals surface area contributed by atoms with E-state index in [9.17, 15) is 9.59 Å². The van der Waals surface area contributed by atoms with Gasteiger partial charge in [0.1, 0.15) is 11.1 Å². The molecule has 0 bridgehead atoms. The number of aromatic amines is 1. The largest absolute Gasteiger partial charge is 0.444 e. The molecule has 3 heterocycles. The third kappa shape index (κ3) is 3.21. The summed E-state index contributed by atoms with van der Waals surface area (Å²) < 4.78 is 5.62. The molecule has 2 N–H and O–H groups in total. The number of H-pyrrole nitrogens is 1. The third-order valence-electron chi connectivity index (χ3n) is 4.56. The molecule has 1 fully saturated rings. The molecule has 2 aromatic heterocycles. The summed E-state index contributed by atoms with van der Waals surface area (Å²) in [6.45, 7) is 10.1. The number of carbonyl (C=O) groups is 1. The highest BCUT2D eigenvalue weighted by molar-refractivity contribution is 6.01. The quantitative estimate of drug-likeness (QED) is 0.897. The van der Waals surface area contributed by atoms with E-state index in [1.165, 1.54) is 6.42 Å². The van der Waals surface area contributed by atoms with Crippen molar-refractivity contribution in [1.29, 1.82) is 0 Å². The number of likely N-dealkylation sites (tertiary alicyclic amines) is 1. The number of aromatic nitrogens is 2. The van der Waals surface area contributed by atoms with Gasteiger partial charge in [0.05, 0.1) is 17.6 Å². The van der Waals surface area contributed by atoms with Gasteiger partial charge >= 0.3 is 0 Å². The van der Waals surface area contributed by atoms with E-state index < -0.39 is 0 Å². The van der Waals surface area contributed by atoms with E-state index in [2.05, 4.69) is 34.3 Å². The first kappa shape index (κ1) is 16.7. The summed E-state index contributed by atoms with van der Waals surface area (Å²) in [6.07, 6.45) is 1.20. The smallest absolute Gasteiger partial charge is 0.277 e. The molecule has 7 nitrogen and oxygen atoms in total. The van der Waals surface area contributed by atoms with Crippen molar-refractivity contribution in [3.8, 4) is 0 Å². The van der Waals surface area contributed by atoms with Crippen LogP contribution in [0.2, 0.25) is 0 Å². The third-order valence-corrected chi connectivity index (χ3v) is 4.56. The monoisotopic (exact) mass is 332 g/mol. The molecule has 1 saturated heterocycles. The number of furan rings is 1. The van der Waals surface area contributed by atoms with E-state index in [0.29, 0.717) is 40.6 Å². The number of hydrogen-bond donors (Lipinski definition) is 2. The summed E-state index contributed by atoms with van der Waals surface area (Å²) in [4.78, 5) is 26.6. The highest BCUT2D eigenvalue weighted by Crippen LogP contribution is 2.28. The van der Waals surface area contributed by atoms with Gasteiger partial charge in [-0.2, -0.15) is 5.10 Å². The first-order chi connectivity index (χ1) is 11.3. The van der Waals surface area contributed by atoms with Gasteiger partial charge in [0.2, 0.25) is 11.8 Å². The van der Waals surface area contributed by atoms with Crippen LogP contribution in [-0.2, 0) is 4.79 Å². The van der Waals surface area contributed by atoms with Gasteiger partial charge in [0.25, 0.3) is 5.56 Å². The zero-order valence-electron chi connectivity index (χ0n) is 14.6. The fourth-order valence-electron chi connectivity index (χ4n) is 3.82. The normalized spacial score (nSPS) is 22.0. The molecule has 1 amide bonds. The number of fused-ring (bicyclic) bond motifs is 1. The molecule has 3 rings (SSSR count). The molecule has 2 atom stereocenters. The lowest BCUT2D eigenvalue weighted by atomic mass is 9.92. The van der Waals surface area contributed by atoms with Crippen molar-refractivity contribution in [2.24, 2.45) is 11.8 Å². The molecule has 0 radical (unpaired) electrons. The molecule has 0 aromatic carbocycles. The summed E-state index contributed by atoms with van der Waals surface area (Å²) >= 11 is 0. The number of aryl methyl sites for hydroxylation is 2. The van der Waals surface area contributed by atoms with Crippen molar-refractivity contribution >= 4 is 22.6 Å². The Morgan fingerprint density at radius 3 is 2.62 bits per heavy atom. The molecule has 0 unspecified atom stereocenters. The van der Waals surface area contributed by atoms with Crippen LogP contribution in [0.4, 0.5) is 5.88 Å². The van der Waals surface area contributed by atoms with Gasteiger partial charge in [-0.1, -0.05) is 13.8 Å². The van der Waals surface area contributed by atoms with Crippen molar-refractivity contribution in [1.82, 2.24) is 15.1 Å². The van der Waals surface area contributed by atoms with E-state index in [0.717, 1.165) is 13.1 Å². The van der Waals surface area contributed by atoms with Crippen LogP contribution >= 0.6 is 0 Å². The first-order valence-corrected chi connectivity index (χ1v) is 8.35. The Morgan fingerprint density at radius 1 is 1.29 bits per heavy atom. The van der Waals surface area contributed by atoms with E-state index in [4.69, 9.17) is 4.42 Å². The standard InChI is InChI=1S/C17H24N4O3/c1-9-5-10(2)7-21(6-9)8-13(22)18-17-15-14(12(4)24-17)11(3)19-20-16(15)23/h9-10H,5-8H2,1-4H3,(H,18,22)(H,20,23)/t9-,10-/m1/s1. The van der Waals surface area contributed by atoms with Gasteiger partial charge in [0, 0.05) is 13.1 Å². The van der Waals surface area contributed by atoms with Crippen molar-refractivity contribution in [3.05, 3.63) is 21.8 Å². The van der Waals surface area contributed by atoms with E-state index in [1.807, 2.05) is 0 Å². The Labute approximate surface area is 140 Å². The summed E-state index contributed by atoms with van der Waals surface area (Å²) in [5.41, 5.74) is 0.313. The number of rotatable bonds is 3. The molecule has 1 aliphatic heterocycles. The number of carbonyl (C=O) groups excluding carboxylic acids is 1. The predicted octanol–water partition coefficient (Wildman–Crippen LogP) is 2.05. The number of nitrogens with zero attached hydrogens (tertiary/aromatic N) is 2. The molecule has 1 aliphatic rings. The molecule has 0 spiro atoms. The number of hydrogen-bond acceptors (Lipinski definition) is 5. The molecular weight excluding hydrogens is 308 g/mol. The molecule has 0 aliphatic carbocycles. The maximum absolute atomic E-state index is 12.4. The Morgan fingerprint density at radius 2 is 1.96 bits per heavy atom. The number of nitrogens with one attached hydrogen (secondary N) is 2. The Balaban J connectivity index is 1.79. The summed E-state index contributed by atoms with van der Waals surface area (Å²) in [5, 5.41) is 10.2. The Bertz CT molecular complexity index is 813. The second-order valence-electron chi connectivity index (χ2n) is 7.06. The predicted molar refractivity (Wildman–Crippen MR) is 92.1 cm³/mol. The van der Waals surface area contributed by atoms with Gasteiger partial charge in [-0.25, -0.2) is 5.10 Å². The molecule has 24 heavy (non-hydrogen) atoms. The Hall–Kier alpha value is -2.15. The minimum absolute atomic E-state index is 0.166. The van der Waals surface area contributed by atoms with Gasteiger partial charge in [-0.15, -0.1) is 0 Å². The van der Waals surface area contributed by atoms with Crippen LogP contribution in [0.3, 0.4) is 0 Å². The number of anilines is 1. The lowest BCUT2D eigenvalue weighted by Crippen LogP contribution is -2.42. The summed E-state index contributed by atoms with van der Waals surface area (Å²) in [5.74, 6) is 1.80. The lowest BCUT2D eigenvalue weighted by molar-refractivity contribution is -0.118. The second kappa shape index (κ2) is 6.39. The van der Waals surface area contributed by atoms with Crippen molar-refractivity contribution in [2.45, 2.75) is 34.1 Å². The first-order valence-electron chi connectivity index (χ1n) is 8.35. The van der Waals surface area contributed by atoms with E-state index >= 15 is 0 Å². The van der Waals surface area contributed by atoms with Gasteiger partial charge in [-0.3, -0.25) is 19.8 Å². The van der Waals surface area contributed by atoms with Crippen molar-refractivity contribution < 1.29 is 9.21 Å². The Kier molecular flexibility index (Phi) is 4.45. The van der Waals surface area contributed by atoms with Crippen LogP contribution in [0.25, 0.3) is 10.8 Å². The van der Waals surface area contributed by atoms with Crippen molar-refractivity contribution in [2.75, 3.05) is 25.0 Å². The molecular formula is C17H24N4O3. The number of piperidine rings is 1. The second-order valence-corrected chi connectivity index (χ2v) is 7.06. The van der Waals surface area contributed by atoms with Crippen molar-refractivity contribution in [3.63, 3.8) is 0 Å². The zero-order valence-corrected chi connectivity index (χ0v) is 14.6. The summed E-state index contributed by atoms with van der Waals surface area (Å²) in [7, 11) is 0. The minimum Gasteiger partial charge on any atom is -0.444 e. The van der Waals surface area contributed by atoms with Crippen LogP contribution in [0, 0.1) is 25.7 Å². The SMILES string of the molecule is Cc1n[nH]c(=O)c2c(NC(=O)CN3C[C@H](C)C[C@@H](C)C3)oc(C)c12. The van der Waals surface area contributed by atoms with Gasteiger partial charge in [0.15, 0.2) is 0 Å². The van der Waals surface area contributed by atoms with Crippen LogP contribution < -0.4 is 10.9 Å². The fourth-order valence-corrected chi connectivity index (χ4v) is 3.82. The molecule has 130 valence electrons. The minimum atomic E-state index is -0.358. The highest BCUT2D eigenvalue weighted by atomic mass is 16.4. The van der Waals surface area contributed by atoms with Crippen LogP contribution in [0.5, 0.6) is 0 Å². The van der Waals surface area contributed by atoms with Crippen LogP contribution in [-0.4, -0.2) is 40.6 Å². The fraction of sp³-hybridized carbons (Fsp3) is 0.588. The van der Waals surface area contributed by atoms with Gasteiger partial charge < -0.3 is 4.42 Å². The summed E-state index contributed by atoms with van der Waals surface area (Å²) in [6, 6.07) is 0. The van der Waals surface area contributed by atoms with E-state index in [1.54, 1.807) is 13.8 Å². The molecule has 2 aromatic rings. The average Bonchev–Trinajstić information content (AvgIpc) is 2.79. The molecule has 0 saturated carbocycles. The van der Waals surface area contributed by atoms with E-state index in [-0.39, 0.29) is 17.4 Å². The highest BCUT2D eigenvalue weighted by Gasteiger charge is 2.24. The average molecular weight is 332 g/mol. The lowest BCUT2D eigenvalue weighted by Gasteiger charge is -2.34. The topological polar surface area (TPSA) is 91.2 Å². The maximum atomic E-state index is 12.4. The zero-order chi connectivity index (χ0) is 17.4. The number of amides is 1. The maximum Gasteiger partial charge on any atom is 0.277 e. The van der Waals surface area contributed by atoms with Crippen LogP contribution in [0.1, 0.15) is 31.7 Å².